The molecule has 2 rings (SSSR count). The van der Waals surface area contributed by atoms with Gasteiger partial charge in [-0.15, -0.1) is 0 Å². The van der Waals surface area contributed by atoms with Gasteiger partial charge in [0.25, 0.3) is 0 Å². The molecular weight excluding hydrogens is 234 g/mol. The van der Waals surface area contributed by atoms with Crippen LogP contribution in [0.3, 0.4) is 0 Å². The van der Waals surface area contributed by atoms with Gasteiger partial charge in [-0.05, 0) is 22.8 Å². The molecule has 0 heterocycles. The minimum atomic E-state index is -0.568. The van der Waals surface area contributed by atoms with E-state index in [-0.39, 0.29) is 22.8 Å². The SMILES string of the molecule is CC1(C)C(C(NN)c2ccc(F)cc2F)C1(C)C. The molecule has 1 aromatic carbocycles. The zero-order chi connectivity index (χ0) is 13.7. The molecule has 0 bridgehead atoms. The molecule has 1 aromatic rings. The highest BCUT2D eigenvalue weighted by molar-refractivity contribution is 5.28. The Balaban J connectivity index is 2.37. The first kappa shape index (κ1) is 13.4. The number of halogens is 2. The van der Waals surface area contributed by atoms with Crippen LogP contribution >= 0.6 is 0 Å². The first-order valence-corrected chi connectivity index (χ1v) is 6.14. The number of nitrogens with one attached hydrogen (secondary N) is 1. The van der Waals surface area contributed by atoms with Crippen molar-refractivity contribution >= 4 is 0 Å². The summed E-state index contributed by atoms with van der Waals surface area (Å²) in [7, 11) is 0. The normalized spacial score (nSPS) is 22.8. The minimum Gasteiger partial charge on any atom is -0.271 e. The number of nitrogens with two attached hydrogens (primary N) is 1. The van der Waals surface area contributed by atoms with Gasteiger partial charge in [0, 0.05) is 11.6 Å². The molecule has 2 nitrogen and oxygen atoms in total. The molecule has 18 heavy (non-hydrogen) atoms. The lowest BCUT2D eigenvalue weighted by Gasteiger charge is -2.19. The van der Waals surface area contributed by atoms with Crippen LogP contribution in [0.5, 0.6) is 0 Å². The number of hydrogen-bond acceptors (Lipinski definition) is 2. The molecule has 1 aliphatic rings. The van der Waals surface area contributed by atoms with Crippen molar-refractivity contribution in [2.75, 3.05) is 0 Å². The second-order valence-corrected chi connectivity index (χ2v) is 6.23. The van der Waals surface area contributed by atoms with Gasteiger partial charge >= 0.3 is 0 Å². The van der Waals surface area contributed by atoms with Crippen LogP contribution in [0.15, 0.2) is 18.2 Å². The Morgan fingerprint density at radius 2 is 1.72 bits per heavy atom. The van der Waals surface area contributed by atoms with Crippen LogP contribution in [0.25, 0.3) is 0 Å². The fourth-order valence-corrected chi connectivity index (χ4v) is 3.20. The van der Waals surface area contributed by atoms with Gasteiger partial charge in [-0.3, -0.25) is 11.3 Å². The zero-order valence-electron chi connectivity index (χ0n) is 11.2. The van der Waals surface area contributed by atoms with Gasteiger partial charge < -0.3 is 0 Å². The molecule has 3 N–H and O–H groups in total. The van der Waals surface area contributed by atoms with Gasteiger partial charge in [-0.2, -0.15) is 0 Å². The lowest BCUT2D eigenvalue weighted by molar-refractivity contribution is 0.401. The van der Waals surface area contributed by atoms with Gasteiger partial charge in [-0.25, -0.2) is 8.78 Å². The Morgan fingerprint density at radius 3 is 2.11 bits per heavy atom. The first-order chi connectivity index (χ1) is 8.23. The van der Waals surface area contributed by atoms with Crippen molar-refractivity contribution in [1.29, 1.82) is 0 Å². The van der Waals surface area contributed by atoms with Gasteiger partial charge in [0.15, 0.2) is 0 Å². The monoisotopic (exact) mass is 254 g/mol. The summed E-state index contributed by atoms with van der Waals surface area (Å²) in [6.07, 6.45) is 0. The third-order valence-electron chi connectivity index (χ3n) is 4.94. The lowest BCUT2D eigenvalue weighted by atomic mass is 9.96. The molecule has 1 fully saturated rings. The number of rotatable bonds is 3. The molecule has 4 heteroatoms. The van der Waals surface area contributed by atoms with Crippen molar-refractivity contribution in [3.05, 3.63) is 35.4 Å². The van der Waals surface area contributed by atoms with E-state index in [1.807, 2.05) is 0 Å². The van der Waals surface area contributed by atoms with E-state index in [1.165, 1.54) is 12.1 Å². The van der Waals surface area contributed by atoms with Crippen molar-refractivity contribution in [2.45, 2.75) is 33.7 Å². The van der Waals surface area contributed by atoms with Crippen molar-refractivity contribution in [3.8, 4) is 0 Å². The molecule has 0 aromatic heterocycles. The van der Waals surface area contributed by atoms with E-state index >= 15 is 0 Å². The van der Waals surface area contributed by atoms with Crippen LogP contribution in [0.2, 0.25) is 0 Å². The van der Waals surface area contributed by atoms with Gasteiger partial charge in [0.1, 0.15) is 11.6 Å². The molecule has 100 valence electrons. The summed E-state index contributed by atoms with van der Waals surface area (Å²) < 4.78 is 26.8. The molecular formula is C14H20F2N2. The molecule has 1 saturated carbocycles. The average Bonchev–Trinajstić information content (AvgIpc) is 2.64. The first-order valence-electron chi connectivity index (χ1n) is 6.14. The number of hydrazine groups is 1. The van der Waals surface area contributed by atoms with E-state index in [0.717, 1.165) is 6.07 Å². The quantitative estimate of drug-likeness (QED) is 0.642. The van der Waals surface area contributed by atoms with Crippen molar-refractivity contribution in [3.63, 3.8) is 0 Å². The third-order valence-corrected chi connectivity index (χ3v) is 4.94. The summed E-state index contributed by atoms with van der Waals surface area (Å²) in [6.45, 7) is 8.57. The predicted octanol–water partition coefficient (Wildman–Crippen LogP) is 3.15. The van der Waals surface area contributed by atoms with Gasteiger partial charge in [0.05, 0.1) is 6.04 Å². The van der Waals surface area contributed by atoms with Gasteiger partial charge in [0.2, 0.25) is 0 Å². The van der Waals surface area contributed by atoms with Crippen LogP contribution in [0.1, 0.15) is 39.3 Å². The van der Waals surface area contributed by atoms with Crippen LogP contribution in [0, 0.1) is 28.4 Å². The third kappa shape index (κ3) is 1.75. The molecule has 1 aliphatic carbocycles. The Bertz CT molecular complexity index is 455. The summed E-state index contributed by atoms with van der Waals surface area (Å²) in [5.41, 5.74) is 3.27. The molecule has 0 aliphatic heterocycles. The predicted molar refractivity (Wildman–Crippen MR) is 67.5 cm³/mol. The molecule has 0 radical (unpaired) electrons. The fourth-order valence-electron chi connectivity index (χ4n) is 3.20. The summed E-state index contributed by atoms with van der Waals surface area (Å²) in [5, 5.41) is 0. The van der Waals surface area contributed by atoms with Crippen molar-refractivity contribution in [2.24, 2.45) is 22.6 Å². The lowest BCUT2D eigenvalue weighted by Crippen LogP contribution is -2.32. The van der Waals surface area contributed by atoms with E-state index < -0.39 is 11.6 Å². The van der Waals surface area contributed by atoms with Crippen LogP contribution in [-0.4, -0.2) is 0 Å². The van der Waals surface area contributed by atoms with E-state index in [9.17, 15) is 8.78 Å². The highest BCUT2D eigenvalue weighted by Crippen LogP contribution is 2.72. The van der Waals surface area contributed by atoms with E-state index in [2.05, 4.69) is 33.1 Å². The molecule has 1 unspecified atom stereocenters. The van der Waals surface area contributed by atoms with Crippen LogP contribution in [-0.2, 0) is 0 Å². The summed E-state index contributed by atoms with van der Waals surface area (Å²) >= 11 is 0. The largest absolute Gasteiger partial charge is 0.271 e. The number of benzene rings is 1. The maximum atomic E-state index is 13.8. The van der Waals surface area contributed by atoms with Crippen molar-refractivity contribution < 1.29 is 8.78 Å². The highest BCUT2D eigenvalue weighted by Gasteiger charge is 2.67. The summed E-state index contributed by atoms with van der Waals surface area (Å²) in [5.74, 6) is 4.69. The van der Waals surface area contributed by atoms with Gasteiger partial charge in [-0.1, -0.05) is 33.8 Å². The Labute approximate surface area is 107 Å². The Hall–Kier alpha value is -1.00. The zero-order valence-corrected chi connectivity index (χ0v) is 11.2. The number of hydrogen-bond donors (Lipinski definition) is 2. The highest BCUT2D eigenvalue weighted by atomic mass is 19.1. The maximum Gasteiger partial charge on any atom is 0.130 e. The molecule has 0 saturated heterocycles. The van der Waals surface area contributed by atoms with Crippen LogP contribution < -0.4 is 11.3 Å². The molecule has 0 spiro atoms. The maximum absolute atomic E-state index is 13.8. The fraction of sp³-hybridized carbons (Fsp3) is 0.571. The summed E-state index contributed by atoms with van der Waals surface area (Å²) in [4.78, 5) is 0. The van der Waals surface area contributed by atoms with E-state index in [4.69, 9.17) is 5.84 Å². The molecule has 1 atom stereocenters. The second-order valence-electron chi connectivity index (χ2n) is 6.23. The standard InChI is InChI=1S/C14H20F2N2/c1-13(2)12(14(13,3)4)11(18-17)9-6-5-8(15)7-10(9)16/h5-7,11-12,18H,17H2,1-4H3. The van der Waals surface area contributed by atoms with Crippen LogP contribution in [0.4, 0.5) is 8.78 Å². The Kier molecular flexibility index (Phi) is 2.98. The minimum absolute atomic E-state index is 0.0743. The smallest absolute Gasteiger partial charge is 0.130 e. The van der Waals surface area contributed by atoms with E-state index in [0.29, 0.717) is 5.56 Å². The Morgan fingerprint density at radius 1 is 1.17 bits per heavy atom. The topological polar surface area (TPSA) is 38.0 Å². The van der Waals surface area contributed by atoms with E-state index in [1.54, 1.807) is 0 Å². The summed E-state index contributed by atoms with van der Waals surface area (Å²) in [6, 6.07) is 3.35. The average molecular weight is 254 g/mol. The van der Waals surface area contributed by atoms with Crippen molar-refractivity contribution in [1.82, 2.24) is 5.43 Å². The second kappa shape index (κ2) is 4.00. The molecule has 0 amide bonds.